The summed E-state index contributed by atoms with van der Waals surface area (Å²) in [7, 11) is 0. The summed E-state index contributed by atoms with van der Waals surface area (Å²) >= 11 is 0. The number of aryl methyl sites for hydroxylation is 1. The van der Waals surface area contributed by atoms with E-state index >= 15 is 0 Å². The van der Waals surface area contributed by atoms with E-state index in [0.717, 1.165) is 30.9 Å². The molecule has 2 rings (SSSR count). The van der Waals surface area contributed by atoms with Crippen molar-refractivity contribution in [3.05, 3.63) is 36.0 Å². The number of aromatic nitrogens is 3. The highest BCUT2D eigenvalue weighted by molar-refractivity contribution is 5.54. The second-order valence-corrected chi connectivity index (χ2v) is 4.44. The molecule has 0 saturated heterocycles. The average Bonchev–Trinajstić information content (AvgIpc) is 2.39. The molecule has 0 radical (unpaired) electrons. The fraction of sp³-hybridized carbons (Fsp3) is 0.357. The van der Waals surface area contributed by atoms with E-state index in [1.807, 2.05) is 31.2 Å². The lowest BCUT2D eigenvalue weighted by Crippen LogP contribution is -2.06. The van der Waals surface area contributed by atoms with E-state index in [0.29, 0.717) is 5.95 Å². The van der Waals surface area contributed by atoms with Gasteiger partial charge in [0.1, 0.15) is 0 Å². The van der Waals surface area contributed by atoms with E-state index < -0.39 is 0 Å². The number of nitrogens with one attached hydrogen (secondary N) is 2. The summed E-state index contributed by atoms with van der Waals surface area (Å²) in [4.78, 5) is 4.37. The second-order valence-electron chi connectivity index (χ2n) is 4.44. The van der Waals surface area contributed by atoms with Crippen molar-refractivity contribution < 1.29 is 0 Å². The summed E-state index contributed by atoms with van der Waals surface area (Å²) in [6.45, 7) is 5.11. The number of hydrogen-bond donors (Lipinski definition) is 2. The molecule has 1 heterocycles. The van der Waals surface area contributed by atoms with Gasteiger partial charge < -0.3 is 10.6 Å². The Morgan fingerprint density at radius 3 is 2.95 bits per heavy atom. The van der Waals surface area contributed by atoms with Gasteiger partial charge in [-0.25, -0.2) is 0 Å². The number of rotatable bonds is 6. The van der Waals surface area contributed by atoms with Crippen LogP contribution in [-0.2, 0) is 0 Å². The standard InChI is InChI=1S/C14H19N5/c1-3-4-8-15-13-10-16-19-14(18-13)17-12-7-5-6-11(2)9-12/h5-7,9-10H,3-4,8H2,1-2H3,(H2,15,17,18,19). The van der Waals surface area contributed by atoms with Crippen molar-refractivity contribution in [2.24, 2.45) is 0 Å². The minimum absolute atomic E-state index is 0.507. The maximum absolute atomic E-state index is 4.37. The summed E-state index contributed by atoms with van der Waals surface area (Å²) in [5.41, 5.74) is 2.16. The molecule has 5 nitrogen and oxygen atoms in total. The third-order valence-electron chi connectivity index (χ3n) is 2.67. The van der Waals surface area contributed by atoms with Gasteiger partial charge in [-0.15, -0.1) is 5.10 Å². The zero-order valence-electron chi connectivity index (χ0n) is 11.3. The summed E-state index contributed by atoms with van der Waals surface area (Å²) in [5, 5.41) is 14.3. The largest absolute Gasteiger partial charge is 0.369 e. The van der Waals surface area contributed by atoms with Crippen LogP contribution < -0.4 is 10.6 Å². The van der Waals surface area contributed by atoms with E-state index in [1.54, 1.807) is 6.20 Å². The lowest BCUT2D eigenvalue weighted by Gasteiger charge is -2.07. The summed E-state index contributed by atoms with van der Waals surface area (Å²) in [6.07, 6.45) is 3.90. The van der Waals surface area contributed by atoms with Crippen LogP contribution in [0.4, 0.5) is 17.5 Å². The molecule has 0 atom stereocenters. The molecule has 1 aromatic carbocycles. The van der Waals surface area contributed by atoms with E-state index in [4.69, 9.17) is 0 Å². The van der Waals surface area contributed by atoms with Crippen molar-refractivity contribution in [1.82, 2.24) is 15.2 Å². The van der Waals surface area contributed by atoms with E-state index in [1.165, 1.54) is 5.56 Å². The Morgan fingerprint density at radius 2 is 2.16 bits per heavy atom. The minimum Gasteiger partial charge on any atom is -0.369 e. The van der Waals surface area contributed by atoms with Gasteiger partial charge in [-0.3, -0.25) is 0 Å². The number of unbranched alkanes of at least 4 members (excludes halogenated alkanes) is 1. The molecule has 0 aliphatic carbocycles. The van der Waals surface area contributed by atoms with Gasteiger partial charge >= 0.3 is 0 Å². The molecule has 0 spiro atoms. The Balaban J connectivity index is 2.02. The van der Waals surface area contributed by atoms with Gasteiger partial charge in [0.15, 0.2) is 5.82 Å². The van der Waals surface area contributed by atoms with Gasteiger partial charge in [-0.2, -0.15) is 10.1 Å². The summed E-state index contributed by atoms with van der Waals surface area (Å²) < 4.78 is 0. The van der Waals surface area contributed by atoms with Crippen molar-refractivity contribution in [2.75, 3.05) is 17.2 Å². The quantitative estimate of drug-likeness (QED) is 0.778. The van der Waals surface area contributed by atoms with Crippen LogP contribution in [0.2, 0.25) is 0 Å². The maximum Gasteiger partial charge on any atom is 0.249 e. The van der Waals surface area contributed by atoms with Crippen LogP contribution in [0.15, 0.2) is 30.5 Å². The lowest BCUT2D eigenvalue weighted by molar-refractivity contribution is 0.827. The Kier molecular flexibility index (Phi) is 4.66. The van der Waals surface area contributed by atoms with Crippen molar-refractivity contribution in [2.45, 2.75) is 26.7 Å². The van der Waals surface area contributed by atoms with Gasteiger partial charge in [0.2, 0.25) is 5.95 Å². The molecule has 19 heavy (non-hydrogen) atoms. The van der Waals surface area contributed by atoms with Crippen LogP contribution in [0.25, 0.3) is 0 Å². The first-order chi connectivity index (χ1) is 9.28. The van der Waals surface area contributed by atoms with Gasteiger partial charge in [0.25, 0.3) is 0 Å². The maximum atomic E-state index is 4.37. The van der Waals surface area contributed by atoms with Crippen LogP contribution >= 0.6 is 0 Å². The fourth-order valence-electron chi connectivity index (χ4n) is 1.69. The lowest BCUT2D eigenvalue weighted by atomic mass is 10.2. The smallest absolute Gasteiger partial charge is 0.249 e. The predicted molar refractivity (Wildman–Crippen MR) is 77.7 cm³/mol. The van der Waals surface area contributed by atoms with Crippen LogP contribution in [0, 0.1) is 6.92 Å². The number of benzene rings is 1. The Hall–Kier alpha value is -2.17. The number of anilines is 3. The Morgan fingerprint density at radius 1 is 1.26 bits per heavy atom. The highest BCUT2D eigenvalue weighted by atomic mass is 15.3. The molecule has 0 bridgehead atoms. The molecule has 0 fully saturated rings. The molecule has 100 valence electrons. The molecule has 0 aliphatic rings. The predicted octanol–water partition coefficient (Wildman–Crippen LogP) is 3.14. The first kappa shape index (κ1) is 13.3. The normalized spacial score (nSPS) is 10.2. The third kappa shape index (κ3) is 4.21. The van der Waals surface area contributed by atoms with Crippen molar-refractivity contribution in [3.8, 4) is 0 Å². The van der Waals surface area contributed by atoms with Gasteiger partial charge in [0, 0.05) is 12.2 Å². The second kappa shape index (κ2) is 6.68. The SMILES string of the molecule is CCCCNc1cnnc(Nc2cccc(C)c2)n1. The van der Waals surface area contributed by atoms with Crippen molar-refractivity contribution in [1.29, 1.82) is 0 Å². The third-order valence-corrected chi connectivity index (χ3v) is 2.67. The molecule has 0 unspecified atom stereocenters. The topological polar surface area (TPSA) is 62.7 Å². The van der Waals surface area contributed by atoms with Gasteiger partial charge in [-0.1, -0.05) is 25.5 Å². The summed E-state index contributed by atoms with van der Waals surface area (Å²) in [6, 6.07) is 8.07. The zero-order chi connectivity index (χ0) is 13.5. The zero-order valence-corrected chi connectivity index (χ0v) is 11.3. The van der Waals surface area contributed by atoms with Gasteiger partial charge in [0.05, 0.1) is 6.20 Å². The molecule has 0 saturated carbocycles. The number of nitrogens with zero attached hydrogens (tertiary/aromatic N) is 3. The molecule has 0 aliphatic heterocycles. The number of hydrogen-bond acceptors (Lipinski definition) is 5. The molecule has 2 aromatic rings. The first-order valence-electron chi connectivity index (χ1n) is 6.55. The fourth-order valence-corrected chi connectivity index (χ4v) is 1.69. The highest BCUT2D eigenvalue weighted by Gasteiger charge is 2.01. The van der Waals surface area contributed by atoms with E-state index in [2.05, 4.69) is 32.7 Å². The monoisotopic (exact) mass is 257 g/mol. The summed E-state index contributed by atoms with van der Waals surface area (Å²) in [5.74, 6) is 1.26. The molecule has 1 aromatic heterocycles. The molecule has 5 heteroatoms. The minimum atomic E-state index is 0.507. The van der Waals surface area contributed by atoms with Gasteiger partial charge in [-0.05, 0) is 31.0 Å². The van der Waals surface area contributed by atoms with Crippen molar-refractivity contribution >= 4 is 17.5 Å². The van der Waals surface area contributed by atoms with E-state index in [9.17, 15) is 0 Å². The average molecular weight is 257 g/mol. The Labute approximate surface area is 113 Å². The Bertz CT molecular complexity index is 527. The molecule has 2 N–H and O–H groups in total. The molecular formula is C14H19N5. The van der Waals surface area contributed by atoms with Crippen molar-refractivity contribution in [3.63, 3.8) is 0 Å². The van der Waals surface area contributed by atoms with Crippen LogP contribution in [0.1, 0.15) is 25.3 Å². The highest BCUT2D eigenvalue weighted by Crippen LogP contribution is 2.14. The van der Waals surface area contributed by atoms with Crippen LogP contribution in [0.3, 0.4) is 0 Å². The van der Waals surface area contributed by atoms with E-state index in [-0.39, 0.29) is 0 Å². The van der Waals surface area contributed by atoms with Crippen LogP contribution in [0.5, 0.6) is 0 Å². The first-order valence-corrected chi connectivity index (χ1v) is 6.55. The molecule has 0 amide bonds. The van der Waals surface area contributed by atoms with Crippen LogP contribution in [-0.4, -0.2) is 21.7 Å². The molecular weight excluding hydrogens is 238 g/mol.